The first-order chi connectivity index (χ1) is 9.77. The average molecular weight is 299 g/mol. The number of halogens is 3. The lowest BCUT2D eigenvalue weighted by Gasteiger charge is -2.13. The van der Waals surface area contributed by atoms with Crippen molar-refractivity contribution in [1.29, 1.82) is 0 Å². The lowest BCUT2D eigenvalue weighted by Crippen LogP contribution is -2.19. The molecule has 7 heteroatoms. The third kappa shape index (κ3) is 2.63. The lowest BCUT2D eigenvalue weighted by molar-refractivity contribution is -0.136. The van der Waals surface area contributed by atoms with Gasteiger partial charge >= 0.3 is 12.1 Å². The Bertz CT molecular complexity index is 762. The van der Waals surface area contributed by atoms with Gasteiger partial charge in [0.2, 0.25) is 0 Å². The highest BCUT2D eigenvalue weighted by molar-refractivity contribution is 6.06. The summed E-state index contributed by atoms with van der Waals surface area (Å²) in [4.78, 5) is 26.1. The van der Waals surface area contributed by atoms with Crippen molar-refractivity contribution in [2.24, 2.45) is 0 Å². The molecule has 4 nitrogen and oxygen atoms in total. The first-order valence-corrected chi connectivity index (χ1v) is 6.17. The molecule has 0 aliphatic heterocycles. The summed E-state index contributed by atoms with van der Waals surface area (Å²) >= 11 is 0. The van der Waals surface area contributed by atoms with Crippen LogP contribution in [0.25, 0.3) is 10.8 Å². The van der Waals surface area contributed by atoms with Gasteiger partial charge in [-0.25, -0.2) is 4.79 Å². The quantitative estimate of drug-likeness (QED) is 0.867. The number of esters is 1. The van der Waals surface area contributed by atoms with Gasteiger partial charge in [-0.1, -0.05) is 12.1 Å². The van der Waals surface area contributed by atoms with Crippen molar-refractivity contribution in [3.05, 3.63) is 45.4 Å². The van der Waals surface area contributed by atoms with Crippen LogP contribution in [-0.4, -0.2) is 17.6 Å². The molecule has 2 rings (SSSR count). The van der Waals surface area contributed by atoms with E-state index in [0.717, 1.165) is 12.1 Å². The van der Waals surface area contributed by atoms with E-state index in [0.29, 0.717) is 0 Å². The number of hydrogen-bond donors (Lipinski definition) is 1. The Morgan fingerprint density at radius 3 is 2.57 bits per heavy atom. The second kappa shape index (κ2) is 5.23. The van der Waals surface area contributed by atoms with Gasteiger partial charge < -0.3 is 9.72 Å². The maximum absolute atomic E-state index is 13.0. The number of fused-ring (bicyclic) bond motifs is 1. The van der Waals surface area contributed by atoms with Gasteiger partial charge in [-0.05, 0) is 19.9 Å². The van der Waals surface area contributed by atoms with Crippen LogP contribution in [0.1, 0.15) is 28.5 Å². The smallest absolute Gasteiger partial charge is 0.417 e. The Balaban J connectivity index is 2.90. The van der Waals surface area contributed by atoms with E-state index in [1.807, 2.05) is 0 Å². The Hall–Kier alpha value is -2.31. The first-order valence-electron chi connectivity index (χ1n) is 6.17. The zero-order valence-corrected chi connectivity index (χ0v) is 11.3. The molecule has 0 unspecified atom stereocenters. The molecule has 0 aliphatic carbocycles. The molecule has 0 saturated heterocycles. The van der Waals surface area contributed by atoms with Crippen molar-refractivity contribution in [3.63, 3.8) is 0 Å². The fourth-order valence-electron chi connectivity index (χ4n) is 2.21. The van der Waals surface area contributed by atoms with E-state index in [2.05, 4.69) is 4.98 Å². The van der Waals surface area contributed by atoms with Crippen LogP contribution in [0.4, 0.5) is 13.2 Å². The van der Waals surface area contributed by atoms with E-state index in [4.69, 9.17) is 4.74 Å². The summed E-state index contributed by atoms with van der Waals surface area (Å²) in [6.07, 6.45) is -4.69. The normalized spacial score (nSPS) is 11.7. The van der Waals surface area contributed by atoms with Crippen LogP contribution in [0, 0.1) is 6.92 Å². The number of carbonyl (C=O) groups excluding carboxylic acids is 1. The van der Waals surface area contributed by atoms with Crippen molar-refractivity contribution < 1.29 is 22.7 Å². The molecule has 0 aliphatic rings. The second-order valence-electron chi connectivity index (χ2n) is 4.40. The van der Waals surface area contributed by atoms with E-state index in [1.165, 1.54) is 13.0 Å². The van der Waals surface area contributed by atoms with Crippen molar-refractivity contribution in [2.75, 3.05) is 6.61 Å². The molecule has 0 bridgehead atoms. The zero-order chi connectivity index (χ0) is 15.8. The van der Waals surface area contributed by atoms with Crippen molar-refractivity contribution in [1.82, 2.24) is 4.98 Å². The summed E-state index contributed by atoms with van der Waals surface area (Å²) in [7, 11) is 0. The van der Waals surface area contributed by atoms with E-state index < -0.39 is 28.7 Å². The van der Waals surface area contributed by atoms with Gasteiger partial charge in [0.1, 0.15) is 0 Å². The third-order valence-corrected chi connectivity index (χ3v) is 3.02. The van der Waals surface area contributed by atoms with Gasteiger partial charge in [0, 0.05) is 11.1 Å². The number of ether oxygens (including phenoxy) is 1. The maximum atomic E-state index is 13.0. The number of aromatic nitrogens is 1. The monoisotopic (exact) mass is 299 g/mol. The number of H-pyrrole nitrogens is 1. The van der Waals surface area contributed by atoms with Gasteiger partial charge in [0.05, 0.1) is 23.1 Å². The molecule has 1 aromatic heterocycles. The van der Waals surface area contributed by atoms with Crippen molar-refractivity contribution in [2.45, 2.75) is 20.0 Å². The Morgan fingerprint density at radius 1 is 1.33 bits per heavy atom. The SMILES string of the molecule is CCOC(=O)c1c(C)[nH]c(=O)c2c(C(F)(F)F)cccc12. The summed E-state index contributed by atoms with van der Waals surface area (Å²) in [5, 5.41) is -0.622. The molecule has 1 heterocycles. The molecule has 2 aromatic rings. The van der Waals surface area contributed by atoms with Gasteiger partial charge in [0.15, 0.2) is 0 Å². The van der Waals surface area contributed by atoms with Crippen LogP contribution in [0.2, 0.25) is 0 Å². The predicted octanol–water partition coefficient (Wildman–Crippen LogP) is 3.03. The van der Waals surface area contributed by atoms with Crippen LogP contribution in [0.15, 0.2) is 23.0 Å². The highest BCUT2D eigenvalue weighted by Gasteiger charge is 2.34. The summed E-state index contributed by atoms with van der Waals surface area (Å²) in [5.74, 6) is -0.768. The van der Waals surface area contributed by atoms with Crippen LogP contribution in [-0.2, 0) is 10.9 Å². The molecular weight excluding hydrogens is 287 g/mol. The molecule has 0 saturated carbocycles. The van der Waals surface area contributed by atoms with Crippen LogP contribution in [0.5, 0.6) is 0 Å². The number of pyridine rings is 1. The number of carbonyl (C=O) groups is 1. The molecule has 1 aromatic carbocycles. The van der Waals surface area contributed by atoms with E-state index in [9.17, 15) is 22.8 Å². The predicted molar refractivity (Wildman–Crippen MR) is 70.3 cm³/mol. The van der Waals surface area contributed by atoms with Gasteiger partial charge in [0.25, 0.3) is 5.56 Å². The lowest BCUT2D eigenvalue weighted by atomic mass is 10.00. The fraction of sp³-hybridized carbons (Fsp3) is 0.286. The minimum atomic E-state index is -4.69. The Morgan fingerprint density at radius 2 is 2.00 bits per heavy atom. The van der Waals surface area contributed by atoms with Crippen LogP contribution in [0.3, 0.4) is 0 Å². The van der Waals surface area contributed by atoms with Gasteiger partial charge in [-0.15, -0.1) is 0 Å². The van der Waals surface area contributed by atoms with Crippen LogP contribution < -0.4 is 5.56 Å². The topological polar surface area (TPSA) is 59.2 Å². The minimum absolute atomic E-state index is 0.0578. The Kier molecular flexibility index (Phi) is 3.76. The highest BCUT2D eigenvalue weighted by Crippen LogP contribution is 2.34. The number of rotatable bonds is 2. The third-order valence-electron chi connectivity index (χ3n) is 3.02. The first kappa shape index (κ1) is 15.1. The molecule has 21 heavy (non-hydrogen) atoms. The van der Waals surface area contributed by atoms with Crippen molar-refractivity contribution >= 4 is 16.7 Å². The highest BCUT2D eigenvalue weighted by atomic mass is 19.4. The Labute approximate surface area is 117 Å². The molecular formula is C14H12F3NO3. The molecule has 0 fully saturated rings. The molecule has 0 atom stereocenters. The number of benzene rings is 1. The fourth-order valence-corrected chi connectivity index (χ4v) is 2.21. The number of alkyl halides is 3. The summed E-state index contributed by atoms with van der Waals surface area (Å²) in [6, 6.07) is 3.27. The second-order valence-corrected chi connectivity index (χ2v) is 4.40. The number of aryl methyl sites for hydroxylation is 1. The summed E-state index contributed by atoms with van der Waals surface area (Å²) in [5.41, 5.74) is -1.85. The van der Waals surface area contributed by atoms with E-state index >= 15 is 0 Å². The minimum Gasteiger partial charge on any atom is -0.462 e. The number of nitrogens with one attached hydrogen (secondary N) is 1. The standard InChI is InChI=1S/C14H12F3NO3/c1-3-21-13(20)10-7(2)18-12(19)11-8(10)5-4-6-9(11)14(15,16)17/h4-6H,3H2,1-2H3,(H,18,19). The number of hydrogen-bond acceptors (Lipinski definition) is 3. The molecule has 0 amide bonds. The van der Waals surface area contributed by atoms with Gasteiger partial charge in [-0.3, -0.25) is 4.79 Å². The molecule has 112 valence electrons. The molecule has 1 N–H and O–H groups in total. The summed E-state index contributed by atoms with van der Waals surface area (Å²) < 4.78 is 43.9. The van der Waals surface area contributed by atoms with Gasteiger partial charge in [-0.2, -0.15) is 13.2 Å². The maximum Gasteiger partial charge on any atom is 0.417 e. The molecule has 0 spiro atoms. The van der Waals surface area contributed by atoms with E-state index in [1.54, 1.807) is 6.92 Å². The largest absolute Gasteiger partial charge is 0.462 e. The average Bonchev–Trinajstić information content (AvgIpc) is 2.37. The molecule has 0 radical (unpaired) electrons. The van der Waals surface area contributed by atoms with Crippen molar-refractivity contribution in [3.8, 4) is 0 Å². The summed E-state index contributed by atoms with van der Waals surface area (Å²) in [6.45, 7) is 3.10. The number of aromatic amines is 1. The van der Waals surface area contributed by atoms with Crippen LogP contribution >= 0.6 is 0 Å². The zero-order valence-electron chi connectivity index (χ0n) is 11.3. The van der Waals surface area contributed by atoms with E-state index in [-0.39, 0.29) is 23.3 Å².